The van der Waals surface area contributed by atoms with Crippen LogP contribution in [-0.2, 0) is 12.8 Å². The van der Waals surface area contributed by atoms with Gasteiger partial charge in [0.15, 0.2) is 0 Å². The summed E-state index contributed by atoms with van der Waals surface area (Å²) in [5.74, 6) is 2.31. The summed E-state index contributed by atoms with van der Waals surface area (Å²) in [5.41, 5.74) is 2.46. The fourth-order valence-electron chi connectivity index (χ4n) is 2.15. The van der Waals surface area contributed by atoms with Crippen LogP contribution in [-0.4, -0.2) is 12.0 Å². The average Bonchev–Trinajstić information content (AvgIpc) is 2.13. The van der Waals surface area contributed by atoms with Gasteiger partial charge >= 0.3 is 90.8 Å². The molecular weight excluding hydrogens is 191 g/mol. The maximum absolute atomic E-state index is 9.88. The van der Waals surface area contributed by atoms with Crippen molar-refractivity contribution >= 4 is 19.5 Å². The number of thiol groups is 1. The first-order valence-electron chi connectivity index (χ1n) is 5.32. The minimum atomic E-state index is 0.410. The van der Waals surface area contributed by atoms with Crippen molar-refractivity contribution in [1.82, 2.24) is 0 Å². The van der Waals surface area contributed by atoms with E-state index in [2.05, 4.69) is 19.5 Å². The van der Waals surface area contributed by atoms with Gasteiger partial charge in [0.1, 0.15) is 0 Å². The normalized spacial score (nSPS) is 16.6. The Kier molecular flexibility index (Phi) is 3.17. The van der Waals surface area contributed by atoms with Crippen LogP contribution < -0.4 is 0 Å². The number of fused-ring (bicyclic) bond motifs is 1. The molecule has 0 amide bonds. The molecule has 1 heterocycles. The minimum absolute atomic E-state index is 0.410. The zero-order chi connectivity index (χ0) is 9.97. The molecule has 0 radical (unpaired) electrons. The second kappa shape index (κ2) is 4.39. The van der Waals surface area contributed by atoms with E-state index in [4.69, 9.17) is 0 Å². The van der Waals surface area contributed by atoms with E-state index in [1.807, 2.05) is 5.96 Å². The van der Waals surface area contributed by atoms with Crippen LogP contribution in [0.4, 0.5) is 0 Å². The van der Waals surface area contributed by atoms with Gasteiger partial charge in [0.25, 0.3) is 0 Å². The van der Waals surface area contributed by atoms with Crippen molar-refractivity contribution < 1.29 is 5.11 Å². The van der Waals surface area contributed by atoms with E-state index in [1.54, 1.807) is 0 Å². The van der Waals surface area contributed by atoms with Gasteiger partial charge in [-0.25, -0.2) is 0 Å². The number of hydrogen-bond donors (Lipinski definition) is 2. The van der Waals surface area contributed by atoms with Crippen LogP contribution in [0.5, 0.6) is 5.75 Å². The fraction of sp³-hybridized carbons (Fsp3) is 0.545. The summed E-state index contributed by atoms with van der Waals surface area (Å²) in [6.07, 6.45) is 7.17. The number of aromatic hydroxyl groups is 1. The molecule has 0 saturated heterocycles. The summed E-state index contributed by atoms with van der Waals surface area (Å²) in [7, 11) is 0. The third kappa shape index (κ3) is 1.98. The number of hydrogen-bond acceptors (Lipinski definition) is 2. The fourth-order valence-corrected chi connectivity index (χ4v) is 2.36. The molecule has 1 aliphatic rings. The van der Waals surface area contributed by atoms with Crippen LogP contribution in [0.25, 0.3) is 0 Å². The molecule has 2 rings (SSSR count). The molecule has 0 aromatic carbocycles. The van der Waals surface area contributed by atoms with Gasteiger partial charge in [-0.3, -0.25) is 0 Å². The molecule has 1 nitrogen and oxygen atoms in total. The molecule has 0 bridgehead atoms. The van der Waals surface area contributed by atoms with E-state index < -0.39 is 0 Å². The molecule has 0 aliphatic heterocycles. The van der Waals surface area contributed by atoms with Crippen LogP contribution in [0, 0.1) is 0 Å². The first kappa shape index (κ1) is 10.1. The van der Waals surface area contributed by atoms with Crippen LogP contribution in [0.1, 0.15) is 36.7 Å². The van der Waals surface area contributed by atoms with Gasteiger partial charge in [0, 0.05) is 0 Å². The number of rotatable bonds is 0. The topological polar surface area (TPSA) is 20.2 Å². The Morgan fingerprint density at radius 3 is 2.64 bits per heavy atom. The Hall–Kier alpha value is -0.435. The molecule has 14 heavy (non-hydrogen) atoms. The second-order valence-corrected chi connectivity index (χ2v) is 4.47. The number of aryl methyl sites for hydroxylation is 1. The van der Waals surface area contributed by atoms with Crippen LogP contribution >= 0.6 is 12.6 Å². The van der Waals surface area contributed by atoms with Gasteiger partial charge in [-0.2, -0.15) is 0 Å². The van der Waals surface area contributed by atoms with Crippen molar-refractivity contribution in [1.29, 1.82) is 0 Å². The van der Waals surface area contributed by atoms with Gasteiger partial charge in [-0.1, -0.05) is 0 Å². The van der Waals surface area contributed by atoms with E-state index >= 15 is 0 Å². The summed E-state index contributed by atoms with van der Waals surface area (Å²) in [6, 6.07) is 0. The van der Waals surface area contributed by atoms with Gasteiger partial charge < -0.3 is 0 Å². The molecule has 0 atom stereocenters. The van der Waals surface area contributed by atoms with Crippen molar-refractivity contribution in [3.05, 3.63) is 17.0 Å². The van der Waals surface area contributed by atoms with E-state index in [0.29, 0.717) is 10.6 Å². The van der Waals surface area contributed by atoms with E-state index in [1.165, 1.54) is 31.1 Å². The summed E-state index contributed by atoms with van der Waals surface area (Å²) in [5, 5.41) is 9.88. The molecule has 0 saturated carbocycles. The summed E-state index contributed by atoms with van der Waals surface area (Å²) in [6.45, 7) is 2.11. The van der Waals surface area contributed by atoms with Crippen molar-refractivity contribution in [2.45, 2.75) is 43.4 Å². The van der Waals surface area contributed by atoms with E-state index in [9.17, 15) is 5.11 Å². The molecule has 1 aliphatic carbocycles. The Morgan fingerprint density at radius 1 is 1.14 bits per heavy atom. The Morgan fingerprint density at radius 2 is 1.86 bits per heavy atom. The molecule has 0 spiro atoms. The summed E-state index contributed by atoms with van der Waals surface area (Å²) in [4.78, 5) is 0.712. The van der Waals surface area contributed by atoms with Crippen LogP contribution in [0.15, 0.2) is 10.9 Å². The molecule has 0 fully saturated rings. The monoisotopic (exact) mass is 206 g/mol. The quantitative estimate of drug-likeness (QED) is 0.625. The summed E-state index contributed by atoms with van der Waals surface area (Å²) >= 11 is 4.24. The molecule has 74 valence electrons. The second-order valence-electron chi connectivity index (χ2n) is 3.99. The molecule has 1 N–H and O–H groups in total. The molecule has 3 heteroatoms. The third-order valence-electron chi connectivity index (χ3n) is 2.98. The van der Waals surface area contributed by atoms with Crippen molar-refractivity contribution in [3.8, 4) is 5.75 Å². The predicted octanol–water partition coefficient (Wildman–Crippen LogP) is 2.68. The Balaban J connectivity index is 2.39. The molecule has 1 aromatic heterocycles. The molecule has 1 aromatic rings. The van der Waals surface area contributed by atoms with Crippen LogP contribution in [0.3, 0.4) is 0 Å². The van der Waals surface area contributed by atoms with Gasteiger partial charge in [-0.05, 0) is 0 Å². The van der Waals surface area contributed by atoms with Gasteiger partial charge in [-0.15, -0.1) is 0 Å². The molecular formula is C11H15BOS. The molecule has 0 unspecified atom stereocenters. The summed E-state index contributed by atoms with van der Waals surface area (Å²) < 4.78 is 0. The van der Waals surface area contributed by atoms with Gasteiger partial charge in [0.2, 0.25) is 0 Å². The Labute approximate surface area is 91.2 Å². The van der Waals surface area contributed by atoms with E-state index in [-0.39, 0.29) is 0 Å². The van der Waals surface area contributed by atoms with E-state index in [0.717, 1.165) is 18.4 Å². The van der Waals surface area contributed by atoms with Crippen molar-refractivity contribution in [3.63, 3.8) is 0 Å². The zero-order valence-corrected chi connectivity index (χ0v) is 9.19. The first-order valence-corrected chi connectivity index (χ1v) is 5.76. The first-order chi connectivity index (χ1) is 6.79. The third-order valence-corrected chi connectivity index (χ3v) is 3.34. The van der Waals surface area contributed by atoms with Crippen molar-refractivity contribution in [2.75, 3.05) is 0 Å². The Bertz CT molecular complexity index is 338. The standard InChI is InChI=1S/C11H15BOS/c13-11-8-5-3-1-2-4-6-9(8)12-7-10(11)14/h7,13-14H,1-6H2. The average molecular weight is 206 g/mol. The van der Waals surface area contributed by atoms with Gasteiger partial charge in [0.05, 0.1) is 0 Å². The SMILES string of the molecule is Oc1c(S)cbc2c1CCCCCC2. The zero-order valence-electron chi connectivity index (χ0n) is 8.29. The predicted molar refractivity (Wildman–Crippen MR) is 62.6 cm³/mol. The van der Waals surface area contributed by atoms with Crippen LogP contribution in [0.2, 0.25) is 0 Å². The van der Waals surface area contributed by atoms with Crippen molar-refractivity contribution in [2.24, 2.45) is 0 Å². The maximum atomic E-state index is 9.88.